The van der Waals surface area contributed by atoms with Gasteiger partial charge in [0.15, 0.2) is 0 Å². The van der Waals surface area contributed by atoms with Gasteiger partial charge in [-0.2, -0.15) is 0 Å². The Bertz CT molecular complexity index is 1090. The first-order valence-corrected chi connectivity index (χ1v) is 9.55. The number of carbonyl (C=O) groups is 1. The fraction of sp³-hybridized carbons (Fsp3) is 0.0909. The Morgan fingerprint density at radius 3 is 2.37 bits per heavy atom. The van der Waals surface area contributed by atoms with Crippen LogP contribution in [0.4, 0.5) is 5.69 Å². The van der Waals surface area contributed by atoms with Crippen molar-refractivity contribution in [2.75, 3.05) is 5.73 Å². The number of hydrogen-bond donors (Lipinski definition) is 2. The number of fused-ring (bicyclic) bond motifs is 1. The smallest absolute Gasteiger partial charge is 0.264 e. The van der Waals surface area contributed by atoms with Crippen molar-refractivity contribution in [3.05, 3.63) is 83.2 Å². The van der Waals surface area contributed by atoms with E-state index in [-0.39, 0.29) is 11.9 Å². The summed E-state index contributed by atoms with van der Waals surface area (Å²) >= 11 is 1.33. The number of nitrogen functional groups attached to an aromatic ring is 1. The zero-order chi connectivity index (χ0) is 18.8. The lowest BCUT2D eigenvalue weighted by Gasteiger charge is -2.13. The molecule has 0 aliphatic heterocycles. The largest absolute Gasteiger partial charge is 0.397 e. The minimum atomic E-state index is -0.173. The Labute approximate surface area is 161 Å². The van der Waals surface area contributed by atoms with Gasteiger partial charge in [-0.25, -0.2) is 4.98 Å². The van der Waals surface area contributed by atoms with Crippen molar-refractivity contribution in [1.29, 1.82) is 0 Å². The summed E-state index contributed by atoms with van der Waals surface area (Å²) in [6.07, 6.45) is 0. The molecule has 0 bridgehead atoms. The molecule has 1 amide bonds. The number of carbonyl (C=O) groups excluding carboxylic acids is 1. The van der Waals surface area contributed by atoms with E-state index in [9.17, 15) is 4.79 Å². The van der Waals surface area contributed by atoms with E-state index in [2.05, 4.69) is 5.32 Å². The quantitative estimate of drug-likeness (QED) is 0.527. The minimum Gasteiger partial charge on any atom is -0.397 e. The van der Waals surface area contributed by atoms with E-state index >= 15 is 0 Å². The molecule has 2 heterocycles. The van der Waals surface area contributed by atoms with Gasteiger partial charge in [-0.3, -0.25) is 4.79 Å². The molecule has 4 rings (SSSR count). The number of benzene rings is 2. The van der Waals surface area contributed by atoms with Crippen LogP contribution >= 0.6 is 11.3 Å². The normalized spacial score (nSPS) is 12.0. The SMILES string of the molecule is CC(NC(=O)c1sc2nc(-c3ccccc3)ccc2c1N)c1ccccc1. The molecule has 2 aromatic heterocycles. The summed E-state index contributed by atoms with van der Waals surface area (Å²) in [5, 5.41) is 3.84. The van der Waals surface area contributed by atoms with Crippen LogP contribution in [0.3, 0.4) is 0 Å². The summed E-state index contributed by atoms with van der Waals surface area (Å²) in [6.45, 7) is 1.96. The lowest BCUT2D eigenvalue weighted by atomic mass is 10.1. The van der Waals surface area contributed by atoms with Crippen LogP contribution in [0.1, 0.15) is 28.2 Å². The number of thiophene rings is 1. The van der Waals surface area contributed by atoms with E-state index in [1.807, 2.05) is 79.7 Å². The van der Waals surface area contributed by atoms with Gasteiger partial charge in [0.2, 0.25) is 0 Å². The first kappa shape index (κ1) is 17.2. The van der Waals surface area contributed by atoms with E-state index in [0.717, 1.165) is 27.0 Å². The van der Waals surface area contributed by atoms with Crippen LogP contribution in [0.25, 0.3) is 21.5 Å². The maximum absolute atomic E-state index is 12.8. The molecule has 1 unspecified atom stereocenters. The highest BCUT2D eigenvalue weighted by atomic mass is 32.1. The van der Waals surface area contributed by atoms with Crippen molar-refractivity contribution in [2.45, 2.75) is 13.0 Å². The molecular formula is C22H19N3OS. The van der Waals surface area contributed by atoms with Crippen molar-refractivity contribution < 1.29 is 4.79 Å². The Hall–Kier alpha value is -3.18. The third-order valence-electron chi connectivity index (χ3n) is 4.52. The molecule has 4 nitrogen and oxygen atoms in total. The molecule has 0 radical (unpaired) electrons. The van der Waals surface area contributed by atoms with Gasteiger partial charge in [0.05, 0.1) is 17.4 Å². The lowest BCUT2D eigenvalue weighted by molar-refractivity contribution is 0.0945. The van der Waals surface area contributed by atoms with Gasteiger partial charge in [-0.05, 0) is 24.6 Å². The third-order valence-corrected chi connectivity index (χ3v) is 5.63. The average Bonchev–Trinajstić information content (AvgIpc) is 3.05. The summed E-state index contributed by atoms with van der Waals surface area (Å²) < 4.78 is 0. The van der Waals surface area contributed by atoms with Gasteiger partial charge < -0.3 is 11.1 Å². The number of nitrogens with one attached hydrogen (secondary N) is 1. The minimum absolute atomic E-state index is 0.101. The van der Waals surface area contributed by atoms with Gasteiger partial charge >= 0.3 is 0 Å². The van der Waals surface area contributed by atoms with Crippen LogP contribution in [0.5, 0.6) is 0 Å². The van der Waals surface area contributed by atoms with Gasteiger partial charge in [-0.15, -0.1) is 11.3 Å². The van der Waals surface area contributed by atoms with Crippen molar-refractivity contribution in [3.63, 3.8) is 0 Å². The van der Waals surface area contributed by atoms with Gasteiger partial charge in [0, 0.05) is 10.9 Å². The number of hydrogen-bond acceptors (Lipinski definition) is 4. The van der Waals surface area contributed by atoms with Gasteiger partial charge in [0.1, 0.15) is 9.71 Å². The molecular weight excluding hydrogens is 354 g/mol. The van der Waals surface area contributed by atoms with Crippen LogP contribution in [0.15, 0.2) is 72.8 Å². The van der Waals surface area contributed by atoms with Crippen LogP contribution in [0.2, 0.25) is 0 Å². The summed E-state index contributed by atoms with van der Waals surface area (Å²) in [6, 6.07) is 23.6. The van der Waals surface area contributed by atoms with E-state index in [4.69, 9.17) is 10.7 Å². The van der Waals surface area contributed by atoms with E-state index < -0.39 is 0 Å². The summed E-state index contributed by atoms with van der Waals surface area (Å²) in [4.78, 5) is 18.7. The van der Waals surface area contributed by atoms with Crippen molar-refractivity contribution >= 4 is 33.1 Å². The zero-order valence-electron chi connectivity index (χ0n) is 14.8. The predicted molar refractivity (Wildman–Crippen MR) is 112 cm³/mol. The second-order valence-electron chi connectivity index (χ2n) is 6.37. The molecule has 0 aliphatic rings. The molecule has 0 aliphatic carbocycles. The Balaban J connectivity index is 1.64. The van der Waals surface area contributed by atoms with E-state index in [1.54, 1.807) is 0 Å². The highest BCUT2D eigenvalue weighted by molar-refractivity contribution is 7.21. The maximum Gasteiger partial charge on any atom is 0.264 e. The highest BCUT2D eigenvalue weighted by Crippen LogP contribution is 2.34. The number of nitrogens with two attached hydrogens (primary N) is 1. The molecule has 0 saturated heterocycles. The number of anilines is 1. The molecule has 1 atom stereocenters. The second-order valence-corrected chi connectivity index (χ2v) is 7.36. The third kappa shape index (κ3) is 3.41. The topological polar surface area (TPSA) is 68.0 Å². The first-order chi connectivity index (χ1) is 13.1. The zero-order valence-corrected chi connectivity index (χ0v) is 15.7. The molecule has 134 valence electrons. The van der Waals surface area contributed by atoms with Crippen molar-refractivity contribution in [1.82, 2.24) is 10.3 Å². The number of rotatable bonds is 4. The average molecular weight is 373 g/mol. The molecule has 2 aromatic carbocycles. The Kier molecular flexibility index (Phi) is 4.60. The van der Waals surface area contributed by atoms with Crippen LogP contribution in [0, 0.1) is 0 Å². The Morgan fingerprint density at radius 2 is 1.67 bits per heavy atom. The maximum atomic E-state index is 12.8. The predicted octanol–water partition coefficient (Wildman–Crippen LogP) is 5.04. The van der Waals surface area contributed by atoms with Crippen molar-refractivity contribution in [3.8, 4) is 11.3 Å². The monoisotopic (exact) mass is 373 g/mol. The molecule has 4 aromatic rings. The van der Waals surface area contributed by atoms with E-state index in [0.29, 0.717) is 10.6 Å². The molecule has 3 N–H and O–H groups in total. The molecule has 0 fully saturated rings. The van der Waals surface area contributed by atoms with Crippen LogP contribution < -0.4 is 11.1 Å². The highest BCUT2D eigenvalue weighted by Gasteiger charge is 2.19. The number of aromatic nitrogens is 1. The number of amides is 1. The van der Waals surface area contributed by atoms with Crippen LogP contribution in [-0.2, 0) is 0 Å². The van der Waals surface area contributed by atoms with Gasteiger partial charge in [-0.1, -0.05) is 60.7 Å². The number of nitrogens with zero attached hydrogens (tertiary/aromatic N) is 1. The summed E-state index contributed by atoms with van der Waals surface area (Å²) in [5.74, 6) is -0.173. The Morgan fingerprint density at radius 1 is 1.00 bits per heavy atom. The standard InChI is InChI=1S/C22H19N3OS/c1-14(15-8-4-2-5-9-15)24-21(26)20-19(23)17-12-13-18(25-22(17)27-20)16-10-6-3-7-11-16/h2-14H,23H2,1H3,(H,24,26). The second kappa shape index (κ2) is 7.21. The van der Waals surface area contributed by atoms with Crippen molar-refractivity contribution in [2.24, 2.45) is 0 Å². The first-order valence-electron chi connectivity index (χ1n) is 8.74. The fourth-order valence-corrected chi connectivity index (χ4v) is 4.02. The summed E-state index contributed by atoms with van der Waals surface area (Å²) in [7, 11) is 0. The molecule has 0 spiro atoms. The lowest BCUT2D eigenvalue weighted by Crippen LogP contribution is -2.26. The van der Waals surface area contributed by atoms with Gasteiger partial charge in [0.25, 0.3) is 5.91 Å². The molecule has 27 heavy (non-hydrogen) atoms. The van der Waals surface area contributed by atoms with E-state index in [1.165, 1.54) is 11.3 Å². The van der Waals surface area contributed by atoms with Crippen LogP contribution in [-0.4, -0.2) is 10.9 Å². The molecule has 5 heteroatoms. The number of pyridine rings is 1. The fourth-order valence-electron chi connectivity index (χ4n) is 3.02. The summed E-state index contributed by atoms with van der Waals surface area (Å²) in [5.41, 5.74) is 9.70. The molecule has 0 saturated carbocycles.